The SMILES string of the molecule is Cc1ccc(N(C(=O)Cn2nnc3ccccc32)C(C(=O)NCc2ccco2)c2ccco2)cc1C. The Labute approximate surface area is 207 Å². The molecule has 1 unspecified atom stereocenters. The number of nitrogens with zero attached hydrogens (tertiary/aromatic N) is 4. The van der Waals surface area contributed by atoms with E-state index >= 15 is 0 Å². The number of furan rings is 2. The minimum atomic E-state index is -1.06. The number of carbonyl (C=O) groups is 2. The number of hydrogen-bond acceptors (Lipinski definition) is 6. The van der Waals surface area contributed by atoms with E-state index in [4.69, 9.17) is 8.83 Å². The van der Waals surface area contributed by atoms with Crippen LogP contribution in [0.3, 0.4) is 0 Å². The molecule has 1 atom stereocenters. The van der Waals surface area contributed by atoms with Gasteiger partial charge in [0.15, 0.2) is 6.04 Å². The molecule has 0 aliphatic heterocycles. The van der Waals surface area contributed by atoms with E-state index in [1.165, 1.54) is 15.8 Å². The first kappa shape index (κ1) is 23.1. The molecule has 0 aliphatic carbocycles. The second-order valence-electron chi connectivity index (χ2n) is 8.48. The van der Waals surface area contributed by atoms with Crippen LogP contribution in [-0.4, -0.2) is 26.8 Å². The van der Waals surface area contributed by atoms with E-state index < -0.39 is 11.9 Å². The minimum absolute atomic E-state index is 0.115. The molecule has 0 bridgehead atoms. The van der Waals surface area contributed by atoms with Gasteiger partial charge in [0.1, 0.15) is 23.6 Å². The fourth-order valence-electron chi connectivity index (χ4n) is 4.06. The first-order valence-corrected chi connectivity index (χ1v) is 11.5. The number of fused-ring (bicyclic) bond motifs is 1. The topological polar surface area (TPSA) is 106 Å². The van der Waals surface area contributed by atoms with E-state index in [-0.39, 0.29) is 19.0 Å². The molecule has 0 saturated heterocycles. The van der Waals surface area contributed by atoms with Crippen molar-refractivity contribution in [2.45, 2.75) is 33.0 Å². The predicted molar refractivity (Wildman–Crippen MR) is 133 cm³/mol. The number of aryl methyl sites for hydroxylation is 2. The molecule has 2 amide bonds. The predicted octanol–water partition coefficient (Wildman–Crippen LogP) is 4.33. The van der Waals surface area contributed by atoms with Gasteiger partial charge >= 0.3 is 0 Å². The van der Waals surface area contributed by atoms with E-state index in [9.17, 15) is 9.59 Å². The zero-order valence-electron chi connectivity index (χ0n) is 19.9. The Hall–Kier alpha value is -4.66. The van der Waals surface area contributed by atoms with E-state index in [0.717, 1.165) is 16.6 Å². The quantitative estimate of drug-likeness (QED) is 0.352. The van der Waals surface area contributed by atoms with E-state index in [2.05, 4.69) is 15.6 Å². The number of benzene rings is 2. The van der Waals surface area contributed by atoms with Gasteiger partial charge in [-0.3, -0.25) is 14.5 Å². The maximum absolute atomic E-state index is 13.9. The maximum Gasteiger partial charge on any atom is 0.251 e. The van der Waals surface area contributed by atoms with Crippen molar-refractivity contribution >= 4 is 28.5 Å². The molecule has 36 heavy (non-hydrogen) atoms. The van der Waals surface area contributed by atoms with Gasteiger partial charge in [-0.2, -0.15) is 0 Å². The summed E-state index contributed by atoms with van der Waals surface area (Å²) in [5, 5.41) is 11.2. The Balaban J connectivity index is 1.54. The van der Waals surface area contributed by atoms with Crippen LogP contribution in [0.1, 0.15) is 28.7 Å². The second kappa shape index (κ2) is 9.91. The molecule has 5 rings (SSSR count). The van der Waals surface area contributed by atoms with E-state index in [1.807, 2.05) is 56.3 Å². The highest BCUT2D eigenvalue weighted by atomic mass is 16.3. The summed E-state index contributed by atoms with van der Waals surface area (Å²) in [6, 6.07) is 18.9. The van der Waals surface area contributed by atoms with Gasteiger partial charge in [0.25, 0.3) is 5.91 Å². The van der Waals surface area contributed by atoms with Crippen LogP contribution in [0.4, 0.5) is 5.69 Å². The smallest absolute Gasteiger partial charge is 0.251 e. The summed E-state index contributed by atoms with van der Waals surface area (Å²) < 4.78 is 12.5. The Morgan fingerprint density at radius 2 is 1.78 bits per heavy atom. The lowest BCUT2D eigenvalue weighted by Gasteiger charge is -2.30. The lowest BCUT2D eigenvalue weighted by atomic mass is 10.1. The summed E-state index contributed by atoms with van der Waals surface area (Å²) >= 11 is 0. The Bertz CT molecular complexity index is 1490. The van der Waals surface area contributed by atoms with Crippen LogP contribution in [0, 0.1) is 13.8 Å². The number of nitrogens with one attached hydrogen (secondary N) is 1. The van der Waals surface area contributed by atoms with Crippen LogP contribution >= 0.6 is 0 Å². The molecular formula is C27H25N5O4. The number of para-hydroxylation sites is 1. The molecular weight excluding hydrogens is 458 g/mol. The second-order valence-corrected chi connectivity index (χ2v) is 8.48. The van der Waals surface area contributed by atoms with Crippen LogP contribution < -0.4 is 10.2 Å². The van der Waals surface area contributed by atoms with Crippen molar-refractivity contribution < 1.29 is 18.4 Å². The van der Waals surface area contributed by atoms with Crippen molar-refractivity contribution in [2.24, 2.45) is 0 Å². The van der Waals surface area contributed by atoms with Gasteiger partial charge in [0, 0.05) is 5.69 Å². The highest BCUT2D eigenvalue weighted by Crippen LogP contribution is 2.30. The molecule has 0 aliphatic rings. The third kappa shape index (κ3) is 4.63. The molecule has 0 fully saturated rings. The average molecular weight is 484 g/mol. The molecule has 3 aromatic heterocycles. The number of rotatable bonds is 8. The van der Waals surface area contributed by atoms with Crippen LogP contribution in [0.5, 0.6) is 0 Å². The normalized spacial score (nSPS) is 11.9. The first-order chi connectivity index (χ1) is 17.5. The maximum atomic E-state index is 13.9. The molecule has 2 aromatic carbocycles. The number of carbonyl (C=O) groups excluding carboxylic acids is 2. The molecule has 182 valence electrons. The molecule has 9 nitrogen and oxygen atoms in total. The highest BCUT2D eigenvalue weighted by Gasteiger charge is 2.35. The van der Waals surface area contributed by atoms with Gasteiger partial charge in [-0.1, -0.05) is 23.4 Å². The van der Waals surface area contributed by atoms with Crippen molar-refractivity contribution in [1.29, 1.82) is 0 Å². The van der Waals surface area contributed by atoms with Gasteiger partial charge in [-0.25, -0.2) is 4.68 Å². The standard InChI is InChI=1S/C27H25N5O4/c1-18-11-12-20(15-19(18)2)32(25(33)17-31-23-9-4-3-8-22(23)29-30-31)26(24-10-6-14-36-24)27(34)28-16-21-7-5-13-35-21/h3-15,26H,16-17H2,1-2H3,(H,28,34). The van der Waals surface area contributed by atoms with Gasteiger partial charge in [-0.15, -0.1) is 5.10 Å². The Kier molecular flexibility index (Phi) is 6.36. The van der Waals surface area contributed by atoms with E-state index in [1.54, 1.807) is 30.5 Å². The summed E-state index contributed by atoms with van der Waals surface area (Å²) in [5.41, 5.74) is 4.04. The summed E-state index contributed by atoms with van der Waals surface area (Å²) in [6.07, 6.45) is 3.02. The first-order valence-electron chi connectivity index (χ1n) is 11.5. The Morgan fingerprint density at radius 3 is 2.53 bits per heavy atom. The van der Waals surface area contributed by atoms with Crippen molar-refractivity contribution in [1.82, 2.24) is 20.3 Å². The molecule has 9 heteroatoms. The lowest BCUT2D eigenvalue weighted by molar-refractivity contribution is -0.127. The van der Waals surface area contributed by atoms with Crippen molar-refractivity contribution in [3.63, 3.8) is 0 Å². The number of anilines is 1. The third-order valence-corrected chi connectivity index (χ3v) is 6.08. The fraction of sp³-hybridized carbons (Fsp3) is 0.185. The molecule has 5 aromatic rings. The largest absolute Gasteiger partial charge is 0.467 e. The van der Waals surface area contributed by atoms with Crippen LogP contribution in [0.15, 0.2) is 88.1 Å². The molecule has 0 saturated carbocycles. The van der Waals surface area contributed by atoms with Crippen molar-refractivity contribution in [3.8, 4) is 0 Å². The fourth-order valence-corrected chi connectivity index (χ4v) is 4.06. The van der Waals surface area contributed by atoms with Crippen LogP contribution in [0.2, 0.25) is 0 Å². The van der Waals surface area contributed by atoms with Crippen molar-refractivity contribution in [3.05, 3.63) is 102 Å². The third-order valence-electron chi connectivity index (χ3n) is 6.08. The Morgan fingerprint density at radius 1 is 0.972 bits per heavy atom. The van der Waals surface area contributed by atoms with Crippen molar-refractivity contribution in [2.75, 3.05) is 4.90 Å². The zero-order chi connectivity index (χ0) is 25.1. The lowest BCUT2D eigenvalue weighted by Crippen LogP contribution is -2.45. The number of hydrogen-bond donors (Lipinski definition) is 1. The van der Waals surface area contributed by atoms with Crippen LogP contribution in [-0.2, 0) is 22.7 Å². The average Bonchev–Trinajstić information content (AvgIpc) is 3.66. The monoisotopic (exact) mass is 483 g/mol. The van der Waals surface area contributed by atoms with Gasteiger partial charge in [0.2, 0.25) is 5.91 Å². The van der Waals surface area contributed by atoms with E-state index in [0.29, 0.717) is 22.7 Å². The summed E-state index contributed by atoms with van der Waals surface area (Å²) in [7, 11) is 0. The summed E-state index contributed by atoms with van der Waals surface area (Å²) in [4.78, 5) is 29.0. The molecule has 1 N–H and O–H groups in total. The molecule has 0 radical (unpaired) electrons. The van der Waals surface area contributed by atoms with Gasteiger partial charge in [0.05, 0.1) is 24.6 Å². The van der Waals surface area contributed by atoms with Crippen LogP contribution in [0.25, 0.3) is 11.0 Å². The number of aromatic nitrogens is 3. The zero-order valence-corrected chi connectivity index (χ0v) is 19.9. The van der Waals surface area contributed by atoms with Gasteiger partial charge < -0.3 is 14.2 Å². The minimum Gasteiger partial charge on any atom is -0.467 e. The summed E-state index contributed by atoms with van der Waals surface area (Å²) in [5.74, 6) is 0.182. The summed E-state index contributed by atoms with van der Waals surface area (Å²) in [6.45, 7) is 4.01. The van der Waals surface area contributed by atoms with Gasteiger partial charge in [-0.05, 0) is 73.5 Å². The number of amides is 2. The molecule has 0 spiro atoms. The highest BCUT2D eigenvalue weighted by molar-refractivity contribution is 6.01. The molecule has 3 heterocycles.